The van der Waals surface area contributed by atoms with Crippen LogP contribution in [0.3, 0.4) is 0 Å². The van der Waals surface area contributed by atoms with Crippen LogP contribution in [0.2, 0.25) is 0 Å². The van der Waals surface area contributed by atoms with Gasteiger partial charge in [0.2, 0.25) is 6.23 Å². The molecule has 6 heteroatoms. The summed E-state index contributed by atoms with van der Waals surface area (Å²) in [6.45, 7) is 4.47. The van der Waals surface area contributed by atoms with Crippen LogP contribution in [0.25, 0.3) is 0 Å². The number of hydrogen-bond acceptors (Lipinski definition) is 4. The molecule has 0 aromatic rings. The van der Waals surface area contributed by atoms with E-state index in [9.17, 15) is 14.9 Å². The third-order valence-corrected chi connectivity index (χ3v) is 1.29. The fraction of sp³-hybridized carbons (Fsp3) is 0.833. The van der Waals surface area contributed by atoms with Crippen molar-refractivity contribution in [3.05, 3.63) is 10.1 Å². The van der Waals surface area contributed by atoms with Gasteiger partial charge >= 0.3 is 5.97 Å². The highest BCUT2D eigenvalue weighted by molar-refractivity contribution is 5.66. The van der Waals surface area contributed by atoms with E-state index in [1.807, 2.05) is 0 Å². The molecule has 0 amide bonds. The maximum atomic E-state index is 10.4. The van der Waals surface area contributed by atoms with Crippen LogP contribution in [-0.4, -0.2) is 28.8 Å². The van der Waals surface area contributed by atoms with E-state index in [1.165, 1.54) is 13.8 Å². The summed E-state index contributed by atoms with van der Waals surface area (Å²) in [7, 11) is 0. The third kappa shape index (κ3) is 3.18. The molecular formula is C6H12N2O4. The van der Waals surface area contributed by atoms with E-state index in [4.69, 9.17) is 0 Å². The zero-order valence-corrected chi connectivity index (χ0v) is 7.31. The lowest BCUT2D eigenvalue weighted by Gasteiger charge is -2.18. The van der Waals surface area contributed by atoms with E-state index < -0.39 is 17.2 Å². The third-order valence-electron chi connectivity index (χ3n) is 1.29. The minimum Gasteiger partial charge on any atom is -0.436 e. The van der Waals surface area contributed by atoms with Crippen LogP contribution in [-0.2, 0) is 9.53 Å². The summed E-state index contributed by atoms with van der Waals surface area (Å²) in [4.78, 5) is 20.7. The zero-order chi connectivity index (χ0) is 9.72. The number of nitrogens with zero attached hydrogens (tertiary/aromatic N) is 2. The van der Waals surface area contributed by atoms with Crippen molar-refractivity contribution >= 4 is 5.97 Å². The number of rotatable bonds is 4. The smallest absolute Gasteiger partial charge is 0.304 e. The van der Waals surface area contributed by atoms with Crippen molar-refractivity contribution in [3.63, 3.8) is 0 Å². The number of nitro groups is 1. The Bertz CT molecular complexity index is 182. The molecular weight excluding hydrogens is 164 g/mol. The normalized spacial score (nSPS) is 11.9. The first kappa shape index (κ1) is 10.7. The highest BCUT2D eigenvalue weighted by Crippen LogP contribution is 2.00. The second kappa shape index (κ2) is 4.53. The summed E-state index contributed by atoms with van der Waals surface area (Å²) in [5.74, 6) is -0.525. The van der Waals surface area contributed by atoms with Crippen molar-refractivity contribution in [1.82, 2.24) is 5.01 Å². The van der Waals surface area contributed by atoms with Crippen molar-refractivity contribution < 1.29 is 14.6 Å². The van der Waals surface area contributed by atoms with E-state index in [0.717, 1.165) is 5.01 Å². The van der Waals surface area contributed by atoms with Crippen LogP contribution in [0.1, 0.15) is 20.8 Å². The molecule has 1 atom stereocenters. The average Bonchev–Trinajstić information content (AvgIpc) is 1.85. The molecule has 1 unspecified atom stereocenters. The Kier molecular flexibility index (Phi) is 4.03. The lowest BCUT2D eigenvalue weighted by molar-refractivity contribution is -0.672. The largest absolute Gasteiger partial charge is 0.436 e. The minimum absolute atomic E-state index is 0.196. The first-order chi connectivity index (χ1) is 5.49. The Morgan fingerprint density at radius 2 is 2.25 bits per heavy atom. The Balaban J connectivity index is 4.11. The molecule has 0 fully saturated rings. The van der Waals surface area contributed by atoms with Crippen LogP contribution < -0.4 is 0 Å². The van der Waals surface area contributed by atoms with Gasteiger partial charge in [-0.3, -0.25) is 4.79 Å². The van der Waals surface area contributed by atoms with Crippen molar-refractivity contribution in [3.8, 4) is 0 Å². The standard InChI is InChI=1S/C6H12N2O4/c1-4-7(8(10)11)5(2)12-6(3)9/h5H,4H2,1-3H3. The van der Waals surface area contributed by atoms with Crippen LogP contribution in [0, 0.1) is 10.1 Å². The number of esters is 1. The van der Waals surface area contributed by atoms with Crippen molar-refractivity contribution in [2.45, 2.75) is 27.0 Å². The van der Waals surface area contributed by atoms with Gasteiger partial charge in [-0.05, 0) is 13.8 Å². The Morgan fingerprint density at radius 1 is 1.75 bits per heavy atom. The number of carbonyl (C=O) groups excluding carboxylic acids is 1. The fourth-order valence-electron chi connectivity index (χ4n) is 0.806. The second-order valence-electron chi connectivity index (χ2n) is 2.20. The number of hydrazine groups is 1. The number of carbonyl (C=O) groups is 1. The Morgan fingerprint density at radius 3 is 2.50 bits per heavy atom. The van der Waals surface area contributed by atoms with E-state index in [2.05, 4.69) is 4.74 Å². The molecule has 0 aliphatic heterocycles. The lowest BCUT2D eigenvalue weighted by Crippen LogP contribution is -2.40. The molecule has 0 heterocycles. The van der Waals surface area contributed by atoms with Gasteiger partial charge in [0.05, 0.1) is 6.54 Å². The second-order valence-corrected chi connectivity index (χ2v) is 2.20. The van der Waals surface area contributed by atoms with Crippen LogP contribution >= 0.6 is 0 Å². The van der Waals surface area contributed by atoms with E-state index >= 15 is 0 Å². The first-order valence-electron chi connectivity index (χ1n) is 3.57. The predicted octanol–water partition coefficient (Wildman–Crippen LogP) is 0.409. The fourth-order valence-corrected chi connectivity index (χ4v) is 0.806. The van der Waals surface area contributed by atoms with Crippen molar-refractivity contribution in [2.24, 2.45) is 0 Å². The summed E-state index contributed by atoms with van der Waals surface area (Å²) < 4.78 is 4.61. The molecule has 0 saturated heterocycles. The molecule has 0 rings (SSSR count). The molecule has 0 bridgehead atoms. The molecule has 0 aliphatic carbocycles. The number of hydrogen-bond donors (Lipinski definition) is 0. The molecule has 70 valence electrons. The molecule has 0 aliphatic rings. The predicted molar refractivity (Wildman–Crippen MR) is 40.6 cm³/mol. The summed E-state index contributed by atoms with van der Waals surface area (Å²) in [6, 6.07) is 0. The van der Waals surface area contributed by atoms with Gasteiger partial charge in [-0.15, -0.1) is 0 Å². The van der Waals surface area contributed by atoms with Gasteiger partial charge < -0.3 is 4.74 Å². The van der Waals surface area contributed by atoms with Gasteiger partial charge in [-0.2, -0.15) is 0 Å². The zero-order valence-electron chi connectivity index (χ0n) is 7.31. The topological polar surface area (TPSA) is 72.7 Å². The van der Waals surface area contributed by atoms with E-state index in [1.54, 1.807) is 6.92 Å². The van der Waals surface area contributed by atoms with Crippen molar-refractivity contribution in [1.29, 1.82) is 0 Å². The maximum Gasteiger partial charge on any atom is 0.304 e. The maximum absolute atomic E-state index is 10.4. The molecule has 12 heavy (non-hydrogen) atoms. The van der Waals surface area contributed by atoms with Crippen LogP contribution in [0.15, 0.2) is 0 Å². The Hall–Kier alpha value is -1.33. The van der Waals surface area contributed by atoms with E-state index in [0.29, 0.717) is 0 Å². The van der Waals surface area contributed by atoms with Gasteiger partial charge in [0, 0.05) is 6.92 Å². The summed E-state index contributed by atoms with van der Waals surface area (Å²) >= 11 is 0. The summed E-state index contributed by atoms with van der Waals surface area (Å²) in [5, 5.41) is 10.5. The molecule has 0 spiro atoms. The van der Waals surface area contributed by atoms with E-state index in [-0.39, 0.29) is 6.54 Å². The molecule has 0 saturated carbocycles. The number of ether oxygens (including phenoxy) is 1. The van der Waals surface area contributed by atoms with Crippen molar-refractivity contribution in [2.75, 3.05) is 6.54 Å². The minimum atomic E-state index is -0.817. The van der Waals surface area contributed by atoms with Crippen LogP contribution in [0.4, 0.5) is 0 Å². The molecule has 0 radical (unpaired) electrons. The van der Waals surface area contributed by atoms with Gasteiger partial charge in [-0.25, -0.2) is 10.1 Å². The molecule has 0 aromatic carbocycles. The van der Waals surface area contributed by atoms with Gasteiger partial charge in [0.25, 0.3) is 0 Å². The molecule has 0 aromatic heterocycles. The quantitative estimate of drug-likeness (QED) is 0.268. The first-order valence-corrected chi connectivity index (χ1v) is 3.57. The highest BCUT2D eigenvalue weighted by Gasteiger charge is 2.22. The monoisotopic (exact) mass is 176 g/mol. The summed E-state index contributed by atoms with van der Waals surface area (Å²) in [6.07, 6.45) is -0.817. The average molecular weight is 176 g/mol. The van der Waals surface area contributed by atoms with Gasteiger partial charge in [-0.1, -0.05) is 5.01 Å². The van der Waals surface area contributed by atoms with Crippen LogP contribution in [0.5, 0.6) is 0 Å². The Labute approximate surface area is 70.2 Å². The molecule has 0 N–H and O–H groups in total. The summed E-state index contributed by atoms with van der Waals surface area (Å²) in [5.41, 5.74) is 0. The van der Waals surface area contributed by atoms with Gasteiger partial charge in [0.1, 0.15) is 0 Å². The highest BCUT2D eigenvalue weighted by atomic mass is 16.7. The molecule has 6 nitrogen and oxygen atoms in total. The lowest BCUT2D eigenvalue weighted by atomic mass is 10.5. The SMILES string of the molecule is CCN(C(C)OC(C)=O)[N+](=O)[O-]. The van der Waals surface area contributed by atoms with Gasteiger partial charge in [0.15, 0.2) is 5.03 Å².